The van der Waals surface area contributed by atoms with Gasteiger partial charge >= 0.3 is 0 Å². The van der Waals surface area contributed by atoms with Crippen LogP contribution >= 0.6 is 34.7 Å². The van der Waals surface area contributed by atoms with E-state index in [1.54, 1.807) is 17.0 Å². The van der Waals surface area contributed by atoms with Gasteiger partial charge in [-0.3, -0.25) is 14.4 Å². The van der Waals surface area contributed by atoms with Crippen LogP contribution < -0.4 is 10.6 Å². The minimum Gasteiger partial charge on any atom is -0.343 e. The van der Waals surface area contributed by atoms with Crippen LogP contribution in [0.1, 0.15) is 25.0 Å². The van der Waals surface area contributed by atoms with Crippen molar-refractivity contribution in [3.8, 4) is 0 Å². The second-order valence-electron chi connectivity index (χ2n) is 7.38. The predicted molar refractivity (Wildman–Crippen MR) is 119 cm³/mol. The third-order valence-corrected chi connectivity index (χ3v) is 7.57. The topological polar surface area (TPSA) is 91.4 Å². The summed E-state index contributed by atoms with van der Waals surface area (Å²) in [6.07, 6.45) is 1.34. The summed E-state index contributed by atoms with van der Waals surface area (Å²) in [5, 5.41) is 8.28. The summed E-state index contributed by atoms with van der Waals surface area (Å²) in [5.74, 6) is -0.429. The minimum absolute atomic E-state index is 0.0473. The van der Waals surface area contributed by atoms with Crippen LogP contribution in [0.2, 0.25) is 5.02 Å². The molecule has 0 saturated carbocycles. The minimum atomic E-state index is -0.472. The first kappa shape index (κ1) is 21.1. The average Bonchev–Trinajstić information content (AvgIpc) is 3.13. The van der Waals surface area contributed by atoms with E-state index in [1.165, 1.54) is 23.1 Å². The number of piperidine rings is 1. The highest BCUT2D eigenvalue weighted by Gasteiger charge is 2.33. The number of carbonyl (C=O) groups is 3. The molecule has 7 nitrogen and oxygen atoms in total. The molecule has 0 radical (unpaired) electrons. The van der Waals surface area contributed by atoms with Crippen LogP contribution in [-0.4, -0.2) is 45.9 Å². The van der Waals surface area contributed by atoms with Crippen molar-refractivity contribution in [3.63, 3.8) is 0 Å². The van der Waals surface area contributed by atoms with Crippen LogP contribution in [0.15, 0.2) is 28.5 Å². The van der Waals surface area contributed by atoms with Crippen molar-refractivity contribution in [2.24, 2.45) is 5.92 Å². The monoisotopic (exact) mass is 464 g/mol. The lowest BCUT2D eigenvalue weighted by Gasteiger charge is -2.32. The third-order valence-electron chi connectivity index (χ3n) is 5.19. The Bertz CT molecular complexity index is 988. The average molecular weight is 465 g/mol. The molecule has 1 atom stereocenters. The molecule has 1 aromatic carbocycles. The fourth-order valence-electron chi connectivity index (χ4n) is 3.55. The molecule has 10 heteroatoms. The maximum Gasteiger partial charge on any atom is 0.238 e. The lowest BCUT2D eigenvalue weighted by molar-refractivity contribution is -0.135. The molecule has 2 aliphatic heterocycles. The molecule has 1 fully saturated rings. The van der Waals surface area contributed by atoms with Crippen molar-refractivity contribution in [2.75, 3.05) is 23.7 Å². The van der Waals surface area contributed by atoms with Gasteiger partial charge in [0.2, 0.25) is 17.7 Å². The Morgan fingerprint density at radius 2 is 2.10 bits per heavy atom. The second-order valence-corrected chi connectivity index (χ2v) is 9.92. The van der Waals surface area contributed by atoms with E-state index in [4.69, 9.17) is 11.6 Å². The van der Waals surface area contributed by atoms with E-state index in [2.05, 4.69) is 15.6 Å². The Morgan fingerprint density at radius 3 is 2.80 bits per heavy atom. The number of thiazole rings is 1. The molecule has 1 saturated heterocycles. The number of hydrogen-bond donors (Lipinski definition) is 2. The zero-order valence-electron chi connectivity index (χ0n) is 16.3. The number of carbonyl (C=O) groups excluding carboxylic acids is 3. The summed E-state index contributed by atoms with van der Waals surface area (Å²) in [6.45, 7) is 2.91. The van der Waals surface area contributed by atoms with Gasteiger partial charge in [-0.05, 0) is 38.0 Å². The molecular weight excluding hydrogens is 444 g/mol. The number of hydrogen-bond acceptors (Lipinski definition) is 6. The maximum atomic E-state index is 12.8. The summed E-state index contributed by atoms with van der Waals surface area (Å²) >= 11 is 8.77. The molecule has 0 bridgehead atoms. The zero-order chi connectivity index (χ0) is 21.3. The molecule has 4 rings (SSSR count). The van der Waals surface area contributed by atoms with E-state index >= 15 is 0 Å². The molecule has 3 amide bonds. The molecule has 2 N–H and O–H groups in total. The molecule has 0 aliphatic carbocycles. The van der Waals surface area contributed by atoms with Gasteiger partial charge in [0.15, 0.2) is 5.13 Å². The SMILES string of the molecule is Cc1csc(NC(=O)C2CCN(C(=O)CC3Sc4ccc(Cl)cc4NC3=O)CC2)n1. The normalized spacial score (nSPS) is 19.2. The zero-order valence-corrected chi connectivity index (χ0v) is 18.7. The number of aryl methyl sites for hydroxylation is 1. The van der Waals surface area contributed by atoms with Crippen LogP contribution in [0, 0.1) is 12.8 Å². The maximum absolute atomic E-state index is 12.8. The van der Waals surface area contributed by atoms with Gasteiger partial charge in [-0.15, -0.1) is 23.1 Å². The number of anilines is 2. The van der Waals surface area contributed by atoms with Crippen LogP contribution in [0.3, 0.4) is 0 Å². The van der Waals surface area contributed by atoms with Crippen LogP contribution in [0.5, 0.6) is 0 Å². The van der Waals surface area contributed by atoms with E-state index in [9.17, 15) is 14.4 Å². The lowest BCUT2D eigenvalue weighted by Crippen LogP contribution is -2.43. The molecule has 2 aliphatic rings. The van der Waals surface area contributed by atoms with Gasteiger partial charge in [-0.1, -0.05) is 11.6 Å². The number of amides is 3. The first-order valence-electron chi connectivity index (χ1n) is 9.67. The van der Waals surface area contributed by atoms with Crippen molar-refractivity contribution in [1.82, 2.24) is 9.88 Å². The first-order chi connectivity index (χ1) is 14.4. The fraction of sp³-hybridized carbons (Fsp3) is 0.400. The van der Waals surface area contributed by atoms with Gasteiger partial charge in [0.05, 0.1) is 16.6 Å². The van der Waals surface area contributed by atoms with E-state index < -0.39 is 5.25 Å². The van der Waals surface area contributed by atoms with Crippen molar-refractivity contribution in [3.05, 3.63) is 34.3 Å². The molecule has 1 aromatic heterocycles. The first-order valence-corrected chi connectivity index (χ1v) is 11.8. The number of aromatic nitrogens is 1. The Hall–Kier alpha value is -2.10. The van der Waals surface area contributed by atoms with Crippen LogP contribution in [-0.2, 0) is 14.4 Å². The van der Waals surface area contributed by atoms with Crippen molar-refractivity contribution in [1.29, 1.82) is 0 Å². The smallest absolute Gasteiger partial charge is 0.238 e. The highest BCUT2D eigenvalue weighted by Crippen LogP contribution is 2.38. The Labute approximate surface area is 187 Å². The number of likely N-dealkylation sites (tertiary alicyclic amines) is 1. The molecule has 30 heavy (non-hydrogen) atoms. The van der Waals surface area contributed by atoms with Gasteiger partial charge < -0.3 is 15.5 Å². The highest BCUT2D eigenvalue weighted by atomic mass is 35.5. The van der Waals surface area contributed by atoms with Crippen molar-refractivity contribution >= 4 is 63.2 Å². The highest BCUT2D eigenvalue weighted by molar-refractivity contribution is 8.01. The van der Waals surface area contributed by atoms with Gasteiger partial charge in [0.1, 0.15) is 0 Å². The van der Waals surface area contributed by atoms with Crippen LogP contribution in [0.25, 0.3) is 0 Å². The van der Waals surface area contributed by atoms with Gasteiger partial charge in [0, 0.05) is 40.7 Å². The number of fused-ring (bicyclic) bond motifs is 1. The third kappa shape index (κ3) is 4.79. The van der Waals surface area contributed by atoms with E-state index in [1.807, 2.05) is 18.4 Å². The predicted octanol–water partition coefficient (Wildman–Crippen LogP) is 3.79. The Morgan fingerprint density at radius 1 is 1.33 bits per heavy atom. The molecule has 1 unspecified atom stereocenters. The molecule has 2 aromatic rings. The Balaban J connectivity index is 1.28. The number of nitrogens with zero attached hydrogens (tertiary/aromatic N) is 2. The molecule has 158 valence electrons. The molecule has 0 spiro atoms. The number of halogens is 1. The quantitative estimate of drug-likeness (QED) is 0.718. The summed E-state index contributed by atoms with van der Waals surface area (Å²) in [5.41, 5.74) is 1.56. The number of thioether (sulfide) groups is 1. The van der Waals surface area contributed by atoms with E-state index in [0.717, 1.165) is 10.6 Å². The summed E-state index contributed by atoms with van der Waals surface area (Å²) in [6, 6.07) is 5.34. The number of rotatable bonds is 4. The van der Waals surface area contributed by atoms with Crippen molar-refractivity contribution < 1.29 is 14.4 Å². The Kier molecular flexibility index (Phi) is 6.31. The van der Waals surface area contributed by atoms with Gasteiger partial charge in [-0.2, -0.15) is 0 Å². The molecular formula is C20H21ClN4O3S2. The summed E-state index contributed by atoms with van der Waals surface area (Å²) in [7, 11) is 0. The van der Waals surface area contributed by atoms with Crippen LogP contribution in [0.4, 0.5) is 10.8 Å². The largest absolute Gasteiger partial charge is 0.343 e. The van der Waals surface area contributed by atoms with Crippen molar-refractivity contribution in [2.45, 2.75) is 36.3 Å². The van der Waals surface area contributed by atoms with Gasteiger partial charge in [0.25, 0.3) is 0 Å². The molecule has 3 heterocycles. The van der Waals surface area contributed by atoms with E-state index in [0.29, 0.717) is 41.8 Å². The summed E-state index contributed by atoms with van der Waals surface area (Å²) in [4.78, 5) is 44.5. The second kappa shape index (κ2) is 8.95. The number of nitrogens with one attached hydrogen (secondary N) is 2. The fourth-order valence-corrected chi connectivity index (χ4v) is 5.50. The standard InChI is InChI=1S/C20H21ClN4O3S2/c1-11-10-29-20(22-11)24-18(27)12-4-6-25(7-5-12)17(26)9-16-19(28)23-14-8-13(21)2-3-15(14)30-16/h2-3,8,10,12,16H,4-7,9H2,1H3,(H,23,28)(H,22,24,27). The van der Waals surface area contributed by atoms with Gasteiger partial charge in [-0.25, -0.2) is 4.98 Å². The summed E-state index contributed by atoms with van der Waals surface area (Å²) < 4.78 is 0. The number of benzene rings is 1. The lowest BCUT2D eigenvalue weighted by atomic mass is 9.95. The van der Waals surface area contributed by atoms with E-state index in [-0.39, 0.29) is 30.1 Å².